The molecular formula is C22H28O2Si. The van der Waals surface area contributed by atoms with Gasteiger partial charge < -0.3 is 8.85 Å². The van der Waals surface area contributed by atoms with E-state index in [-0.39, 0.29) is 0 Å². The zero-order valence-electron chi connectivity index (χ0n) is 15.2. The minimum absolute atomic E-state index is 0.703. The van der Waals surface area contributed by atoms with Gasteiger partial charge >= 0.3 is 8.56 Å². The summed E-state index contributed by atoms with van der Waals surface area (Å²) in [6.45, 7) is 5.66. The molecule has 0 heterocycles. The SMILES string of the molecule is CCCO[Si](C=Cc1ccccc1)(C=Cc1ccccc1)OCCC. The van der Waals surface area contributed by atoms with Gasteiger partial charge in [0.1, 0.15) is 0 Å². The second kappa shape index (κ2) is 10.8. The van der Waals surface area contributed by atoms with Gasteiger partial charge in [-0.2, -0.15) is 0 Å². The zero-order valence-corrected chi connectivity index (χ0v) is 16.2. The van der Waals surface area contributed by atoms with Crippen LogP contribution < -0.4 is 0 Å². The smallest absolute Gasteiger partial charge is 0.388 e. The lowest BCUT2D eigenvalue weighted by Gasteiger charge is -2.24. The Morgan fingerprint density at radius 3 is 1.44 bits per heavy atom. The first-order valence-electron chi connectivity index (χ1n) is 9.04. The molecule has 0 atom stereocenters. The molecule has 0 fully saturated rings. The van der Waals surface area contributed by atoms with Gasteiger partial charge in [0.2, 0.25) is 0 Å². The fourth-order valence-corrected chi connectivity index (χ4v) is 4.84. The molecule has 0 aliphatic heterocycles. The molecule has 0 unspecified atom stereocenters. The molecule has 0 saturated carbocycles. The van der Waals surface area contributed by atoms with E-state index in [1.807, 2.05) is 36.4 Å². The van der Waals surface area contributed by atoms with Crippen molar-refractivity contribution in [2.75, 3.05) is 13.2 Å². The Morgan fingerprint density at radius 2 is 1.08 bits per heavy atom. The van der Waals surface area contributed by atoms with Gasteiger partial charge in [0.05, 0.1) is 0 Å². The first-order chi connectivity index (χ1) is 12.3. The number of hydrogen-bond donors (Lipinski definition) is 0. The van der Waals surface area contributed by atoms with Crippen molar-refractivity contribution in [3.63, 3.8) is 0 Å². The van der Waals surface area contributed by atoms with Crippen molar-refractivity contribution < 1.29 is 8.85 Å². The Labute approximate surface area is 153 Å². The van der Waals surface area contributed by atoms with Crippen LogP contribution in [0, 0.1) is 0 Å². The highest BCUT2D eigenvalue weighted by Crippen LogP contribution is 2.17. The molecule has 0 spiro atoms. The fourth-order valence-electron chi connectivity index (χ4n) is 2.37. The summed E-state index contributed by atoms with van der Waals surface area (Å²) >= 11 is 0. The summed E-state index contributed by atoms with van der Waals surface area (Å²) in [4.78, 5) is 0. The van der Waals surface area contributed by atoms with E-state index >= 15 is 0 Å². The molecule has 25 heavy (non-hydrogen) atoms. The van der Waals surface area contributed by atoms with Crippen molar-refractivity contribution in [1.29, 1.82) is 0 Å². The van der Waals surface area contributed by atoms with Crippen LogP contribution in [0.1, 0.15) is 37.8 Å². The van der Waals surface area contributed by atoms with Gasteiger partial charge in [0, 0.05) is 13.2 Å². The van der Waals surface area contributed by atoms with Crippen LogP contribution in [0.3, 0.4) is 0 Å². The third-order valence-electron chi connectivity index (χ3n) is 3.68. The van der Waals surface area contributed by atoms with Gasteiger partial charge in [-0.15, -0.1) is 0 Å². The van der Waals surface area contributed by atoms with Crippen LogP contribution in [-0.4, -0.2) is 21.8 Å². The Bertz CT molecular complexity index is 591. The molecule has 0 aromatic heterocycles. The Morgan fingerprint density at radius 1 is 0.680 bits per heavy atom. The second-order valence-corrected chi connectivity index (χ2v) is 8.59. The second-order valence-electron chi connectivity index (χ2n) is 5.91. The fraction of sp³-hybridized carbons (Fsp3) is 0.273. The van der Waals surface area contributed by atoms with Crippen molar-refractivity contribution in [2.45, 2.75) is 26.7 Å². The first kappa shape index (κ1) is 19.4. The van der Waals surface area contributed by atoms with Gasteiger partial charge in [0.25, 0.3) is 0 Å². The number of rotatable bonds is 10. The predicted molar refractivity (Wildman–Crippen MR) is 109 cm³/mol. The highest BCUT2D eigenvalue weighted by atomic mass is 28.4. The van der Waals surface area contributed by atoms with Crippen LogP contribution in [0.15, 0.2) is 72.1 Å². The summed E-state index contributed by atoms with van der Waals surface area (Å²) in [5, 5.41) is 0. The molecule has 0 bridgehead atoms. The Kier molecular flexibility index (Phi) is 8.39. The summed E-state index contributed by atoms with van der Waals surface area (Å²) in [5.41, 5.74) is 6.61. The van der Waals surface area contributed by atoms with Crippen molar-refractivity contribution in [1.82, 2.24) is 0 Å². The van der Waals surface area contributed by atoms with Gasteiger partial charge in [-0.1, -0.05) is 86.7 Å². The van der Waals surface area contributed by atoms with Crippen LogP contribution in [-0.2, 0) is 8.85 Å². The summed E-state index contributed by atoms with van der Waals surface area (Å²) in [6, 6.07) is 20.6. The maximum Gasteiger partial charge on any atom is 0.392 e. The van der Waals surface area contributed by atoms with Gasteiger partial charge in [-0.05, 0) is 35.4 Å². The van der Waals surface area contributed by atoms with E-state index in [0.717, 1.165) is 24.0 Å². The third-order valence-corrected chi connectivity index (χ3v) is 6.25. The standard InChI is InChI=1S/C22H28O2Si/c1-3-17-23-25(24-18-4-2,19-15-21-11-7-5-8-12-21)20-16-22-13-9-6-10-14-22/h5-16,19-20H,3-4,17-18H2,1-2H3. The largest absolute Gasteiger partial charge is 0.392 e. The lowest BCUT2D eigenvalue weighted by atomic mass is 10.2. The maximum absolute atomic E-state index is 6.27. The predicted octanol–water partition coefficient (Wildman–Crippen LogP) is 5.79. The van der Waals surface area contributed by atoms with E-state index in [4.69, 9.17) is 8.85 Å². The molecule has 2 nitrogen and oxygen atoms in total. The summed E-state index contributed by atoms with van der Waals surface area (Å²) in [6.07, 6.45) is 6.19. The summed E-state index contributed by atoms with van der Waals surface area (Å²) in [5.74, 6) is 0. The molecule has 132 valence electrons. The van der Waals surface area contributed by atoms with Crippen LogP contribution in [0.4, 0.5) is 0 Å². The van der Waals surface area contributed by atoms with E-state index in [0.29, 0.717) is 13.2 Å². The van der Waals surface area contributed by atoms with Crippen LogP contribution in [0.5, 0.6) is 0 Å². The van der Waals surface area contributed by atoms with Gasteiger partial charge in [0.15, 0.2) is 0 Å². The topological polar surface area (TPSA) is 18.5 Å². The maximum atomic E-state index is 6.27. The molecule has 0 amide bonds. The third kappa shape index (κ3) is 6.82. The molecular weight excluding hydrogens is 324 g/mol. The lowest BCUT2D eigenvalue weighted by molar-refractivity contribution is 0.189. The van der Waals surface area contributed by atoms with E-state index < -0.39 is 8.56 Å². The lowest BCUT2D eigenvalue weighted by Crippen LogP contribution is -2.39. The van der Waals surface area contributed by atoms with Crippen LogP contribution in [0.2, 0.25) is 0 Å². The minimum Gasteiger partial charge on any atom is -0.388 e. The normalized spacial score (nSPS) is 12.2. The molecule has 0 N–H and O–H groups in total. The van der Waals surface area contributed by atoms with E-state index in [2.05, 4.69) is 61.7 Å². The molecule has 0 aliphatic rings. The molecule has 2 aromatic carbocycles. The van der Waals surface area contributed by atoms with Crippen LogP contribution in [0.25, 0.3) is 12.2 Å². The van der Waals surface area contributed by atoms with Crippen LogP contribution >= 0.6 is 0 Å². The summed E-state index contributed by atoms with van der Waals surface area (Å²) in [7, 11) is -2.56. The van der Waals surface area contributed by atoms with Crippen molar-refractivity contribution in [2.24, 2.45) is 0 Å². The van der Waals surface area contributed by atoms with Crippen molar-refractivity contribution in [3.05, 3.63) is 83.2 Å². The zero-order chi connectivity index (χ0) is 17.8. The van der Waals surface area contributed by atoms with Crippen molar-refractivity contribution >= 4 is 20.7 Å². The van der Waals surface area contributed by atoms with E-state index in [9.17, 15) is 0 Å². The summed E-state index contributed by atoms with van der Waals surface area (Å²) < 4.78 is 12.5. The Balaban J connectivity index is 2.29. The average molecular weight is 353 g/mol. The Hall–Kier alpha value is -1.94. The molecule has 0 saturated heterocycles. The number of hydrogen-bond acceptors (Lipinski definition) is 2. The van der Waals surface area contributed by atoms with E-state index in [1.54, 1.807) is 0 Å². The van der Waals surface area contributed by atoms with E-state index in [1.165, 1.54) is 0 Å². The molecule has 2 rings (SSSR count). The monoisotopic (exact) mass is 352 g/mol. The average Bonchev–Trinajstić information content (AvgIpc) is 2.68. The first-order valence-corrected chi connectivity index (χ1v) is 11.0. The minimum atomic E-state index is -2.56. The quantitative estimate of drug-likeness (QED) is 0.504. The van der Waals surface area contributed by atoms with Crippen molar-refractivity contribution in [3.8, 4) is 0 Å². The number of benzene rings is 2. The molecule has 2 aromatic rings. The molecule has 3 heteroatoms. The highest BCUT2D eigenvalue weighted by Gasteiger charge is 2.31. The highest BCUT2D eigenvalue weighted by molar-refractivity contribution is 6.78. The molecule has 0 radical (unpaired) electrons. The van der Waals surface area contributed by atoms with Gasteiger partial charge in [-0.25, -0.2) is 0 Å². The van der Waals surface area contributed by atoms with Gasteiger partial charge in [-0.3, -0.25) is 0 Å². The molecule has 0 aliphatic carbocycles.